The Bertz CT molecular complexity index is 1040. The van der Waals surface area contributed by atoms with Crippen LogP contribution in [0.3, 0.4) is 0 Å². The molecule has 7 nitrogen and oxygen atoms in total. The van der Waals surface area contributed by atoms with Gasteiger partial charge in [-0.25, -0.2) is 13.8 Å². The lowest BCUT2D eigenvalue weighted by Crippen LogP contribution is -2.30. The number of nitrogens with one attached hydrogen (secondary N) is 2. The largest absolute Gasteiger partial charge is 0.393 e. The highest BCUT2D eigenvalue weighted by atomic mass is 32.2. The van der Waals surface area contributed by atoms with E-state index in [1.54, 1.807) is 16.7 Å². The van der Waals surface area contributed by atoms with Crippen LogP contribution < -0.4 is 10.9 Å². The van der Waals surface area contributed by atoms with E-state index in [1.165, 1.54) is 13.0 Å². The van der Waals surface area contributed by atoms with E-state index >= 15 is 0 Å². The Morgan fingerprint density at radius 2 is 2.03 bits per heavy atom. The number of aliphatic hydroxyl groups is 1. The predicted octanol–water partition coefficient (Wildman–Crippen LogP) is 2.77. The molecular weight excluding hydrogens is 426 g/mol. The summed E-state index contributed by atoms with van der Waals surface area (Å²) in [6, 6.07) is 1.17. The van der Waals surface area contributed by atoms with Gasteiger partial charge in [-0.05, 0) is 38.2 Å². The van der Waals surface area contributed by atoms with Gasteiger partial charge in [0.25, 0.3) is 5.56 Å². The number of carbonyl (C=O) groups excluding carboxylic acids is 1. The molecule has 1 saturated heterocycles. The molecule has 2 aliphatic rings. The molecule has 2 fully saturated rings. The number of aliphatic hydroxyl groups excluding tert-OH is 1. The zero-order valence-electron chi connectivity index (χ0n) is 17.3. The van der Waals surface area contributed by atoms with Crippen molar-refractivity contribution in [2.24, 2.45) is 0 Å². The SMILES string of the molecule is CC(=O)N1CC[C@@H](Nc2cc3nc(CS[C@H]4CC[C@H](O)CC4)[nH]c(=O)c3c(F)c2F)C1. The van der Waals surface area contributed by atoms with Crippen LogP contribution in [-0.2, 0) is 10.5 Å². The first-order valence-corrected chi connectivity index (χ1v) is 11.6. The number of hydrogen-bond donors (Lipinski definition) is 3. The van der Waals surface area contributed by atoms with Gasteiger partial charge in [-0.15, -0.1) is 0 Å². The molecule has 1 aromatic heterocycles. The second-order valence-corrected chi connectivity index (χ2v) is 9.58. The Kier molecular flexibility index (Phi) is 6.47. The van der Waals surface area contributed by atoms with E-state index in [9.17, 15) is 23.5 Å². The van der Waals surface area contributed by atoms with E-state index in [1.807, 2.05) is 0 Å². The van der Waals surface area contributed by atoms with E-state index < -0.39 is 22.6 Å². The smallest absolute Gasteiger partial charge is 0.261 e. The summed E-state index contributed by atoms with van der Waals surface area (Å²) in [6.07, 6.45) is 3.72. The molecule has 1 amide bonds. The molecule has 1 aromatic carbocycles. The van der Waals surface area contributed by atoms with E-state index in [-0.39, 0.29) is 29.3 Å². The van der Waals surface area contributed by atoms with Crippen LogP contribution >= 0.6 is 11.8 Å². The van der Waals surface area contributed by atoms with E-state index in [0.29, 0.717) is 36.3 Å². The van der Waals surface area contributed by atoms with Gasteiger partial charge in [-0.1, -0.05) is 0 Å². The minimum Gasteiger partial charge on any atom is -0.393 e. The van der Waals surface area contributed by atoms with Crippen LogP contribution in [-0.4, -0.2) is 56.4 Å². The van der Waals surface area contributed by atoms with Crippen LogP contribution in [0.15, 0.2) is 10.9 Å². The molecule has 4 rings (SSSR count). The molecule has 1 saturated carbocycles. The van der Waals surface area contributed by atoms with Gasteiger partial charge in [0.2, 0.25) is 5.91 Å². The van der Waals surface area contributed by atoms with Crippen LogP contribution in [0.1, 0.15) is 44.9 Å². The molecule has 0 spiro atoms. The highest BCUT2D eigenvalue weighted by Gasteiger charge is 2.26. The van der Waals surface area contributed by atoms with Crippen molar-refractivity contribution in [1.82, 2.24) is 14.9 Å². The highest BCUT2D eigenvalue weighted by Crippen LogP contribution is 2.31. The summed E-state index contributed by atoms with van der Waals surface area (Å²) in [5.74, 6) is -1.55. The molecule has 10 heteroatoms. The fourth-order valence-corrected chi connectivity index (χ4v) is 5.39. The first-order chi connectivity index (χ1) is 14.8. The van der Waals surface area contributed by atoms with Crippen LogP contribution in [0.4, 0.5) is 14.5 Å². The van der Waals surface area contributed by atoms with Crippen molar-refractivity contribution in [2.45, 2.75) is 62.2 Å². The zero-order chi connectivity index (χ0) is 22.1. The third-order valence-corrected chi connectivity index (χ3v) is 7.40. The number of benzene rings is 1. The van der Waals surface area contributed by atoms with Crippen molar-refractivity contribution in [1.29, 1.82) is 0 Å². The first kappa shape index (κ1) is 22.0. The molecule has 1 atom stereocenters. The number of aromatic amines is 1. The van der Waals surface area contributed by atoms with Gasteiger partial charge < -0.3 is 20.3 Å². The van der Waals surface area contributed by atoms with E-state index in [0.717, 1.165) is 25.7 Å². The molecular formula is C21H26F2N4O3S. The number of thioether (sulfide) groups is 1. The number of H-pyrrole nitrogens is 1. The molecule has 31 heavy (non-hydrogen) atoms. The van der Waals surface area contributed by atoms with Crippen molar-refractivity contribution in [2.75, 3.05) is 18.4 Å². The molecule has 2 aromatic rings. The summed E-state index contributed by atoms with van der Waals surface area (Å²) in [5.41, 5.74) is -0.661. The van der Waals surface area contributed by atoms with Crippen molar-refractivity contribution in [3.63, 3.8) is 0 Å². The lowest BCUT2D eigenvalue weighted by molar-refractivity contribution is -0.127. The topological polar surface area (TPSA) is 98.3 Å². The minimum atomic E-state index is -1.23. The molecule has 0 radical (unpaired) electrons. The van der Waals surface area contributed by atoms with Crippen molar-refractivity contribution in [3.05, 3.63) is 33.9 Å². The van der Waals surface area contributed by atoms with E-state index in [2.05, 4.69) is 15.3 Å². The molecule has 0 bridgehead atoms. The maximum Gasteiger partial charge on any atom is 0.261 e. The Balaban J connectivity index is 1.54. The monoisotopic (exact) mass is 452 g/mol. The fourth-order valence-electron chi connectivity index (χ4n) is 4.25. The summed E-state index contributed by atoms with van der Waals surface area (Å²) in [7, 11) is 0. The summed E-state index contributed by atoms with van der Waals surface area (Å²) in [4.78, 5) is 32.5. The maximum atomic E-state index is 14.7. The third kappa shape index (κ3) is 4.85. The number of likely N-dealkylation sites (tertiary alicyclic amines) is 1. The number of fused-ring (bicyclic) bond motifs is 1. The average Bonchev–Trinajstić information content (AvgIpc) is 3.20. The standard InChI is InChI=1S/C21H26F2N4O3S/c1-11(28)27-7-6-12(9-27)24-16-8-15-18(20(23)19(16)22)21(30)26-17(25-15)10-31-14-4-2-13(29)3-5-14/h8,12-14,24,29H,2-7,9-10H2,1H3,(H,25,26,30)/t12-,13-,14-/m1/s1. The van der Waals surface area contributed by atoms with Gasteiger partial charge in [0.15, 0.2) is 11.6 Å². The lowest BCUT2D eigenvalue weighted by Gasteiger charge is -2.24. The third-order valence-electron chi connectivity index (χ3n) is 6.02. The predicted molar refractivity (Wildman–Crippen MR) is 116 cm³/mol. The van der Waals surface area contributed by atoms with Crippen molar-refractivity contribution in [3.8, 4) is 0 Å². The minimum absolute atomic E-state index is 0.0571. The van der Waals surface area contributed by atoms with Crippen LogP contribution in [0, 0.1) is 11.6 Å². The van der Waals surface area contributed by atoms with Crippen LogP contribution in [0.5, 0.6) is 0 Å². The number of halogens is 2. The molecule has 2 heterocycles. The number of anilines is 1. The van der Waals surface area contributed by atoms with Crippen molar-refractivity contribution >= 4 is 34.3 Å². The van der Waals surface area contributed by atoms with Crippen molar-refractivity contribution < 1.29 is 18.7 Å². The number of aromatic nitrogens is 2. The molecule has 0 unspecified atom stereocenters. The average molecular weight is 453 g/mol. The van der Waals surface area contributed by atoms with Crippen LogP contribution in [0.2, 0.25) is 0 Å². The number of amides is 1. The second-order valence-electron chi connectivity index (χ2n) is 8.30. The van der Waals surface area contributed by atoms with Gasteiger partial charge >= 0.3 is 0 Å². The highest BCUT2D eigenvalue weighted by molar-refractivity contribution is 7.99. The Morgan fingerprint density at radius 3 is 2.71 bits per heavy atom. The zero-order valence-corrected chi connectivity index (χ0v) is 18.1. The summed E-state index contributed by atoms with van der Waals surface area (Å²) >= 11 is 1.65. The number of hydrogen-bond acceptors (Lipinski definition) is 6. The number of rotatable bonds is 5. The summed E-state index contributed by atoms with van der Waals surface area (Å²) in [5, 5.41) is 12.6. The number of nitrogens with zero attached hydrogens (tertiary/aromatic N) is 2. The Labute approximate surface area is 182 Å². The number of carbonyl (C=O) groups is 1. The van der Waals surface area contributed by atoms with E-state index in [4.69, 9.17) is 0 Å². The van der Waals surface area contributed by atoms with Crippen LogP contribution in [0.25, 0.3) is 10.9 Å². The Hall–Kier alpha value is -2.20. The quantitative estimate of drug-likeness (QED) is 0.645. The van der Waals surface area contributed by atoms with Gasteiger partial charge in [-0.3, -0.25) is 9.59 Å². The van der Waals surface area contributed by atoms with Gasteiger partial charge in [0, 0.05) is 31.3 Å². The summed E-state index contributed by atoms with van der Waals surface area (Å²) < 4.78 is 29.3. The van der Waals surface area contributed by atoms with Gasteiger partial charge in [0.1, 0.15) is 11.2 Å². The normalized spacial score (nSPS) is 24.0. The molecule has 3 N–H and O–H groups in total. The maximum absolute atomic E-state index is 14.7. The molecule has 168 valence electrons. The first-order valence-electron chi connectivity index (χ1n) is 10.5. The fraction of sp³-hybridized carbons (Fsp3) is 0.571. The Morgan fingerprint density at radius 1 is 1.29 bits per heavy atom. The second kappa shape index (κ2) is 9.12. The summed E-state index contributed by atoms with van der Waals surface area (Å²) in [6.45, 7) is 2.45. The lowest BCUT2D eigenvalue weighted by atomic mass is 9.97. The van der Waals surface area contributed by atoms with Gasteiger partial charge in [-0.2, -0.15) is 11.8 Å². The van der Waals surface area contributed by atoms with Gasteiger partial charge in [0.05, 0.1) is 23.1 Å². The molecule has 1 aliphatic carbocycles. The molecule has 1 aliphatic heterocycles.